The van der Waals surface area contributed by atoms with E-state index in [-0.39, 0.29) is 35.6 Å². The van der Waals surface area contributed by atoms with Crippen LogP contribution in [0.4, 0.5) is 0 Å². The lowest BCUT2D eigenvalue weighted by atomic mass is 9.67. The van der Waals surface area contributed by atoms with E-state index in [1.54, 1.807) is 6.33 Å². The van der Waals surface area contributed by atoms with Gasteiger partial charge in [0, 0.05) is 69.8 Å². The van der Waals surface area contributed by atoms with E-state index in [2.05, 4.69) is 269 Å². The van der Waals surface area contributed by atoms with E-state index in [0.717, 1.165) is 81.0 Å². The molecule has 0 unspecified atom stereocenters. The lowest BCUT2D eigenvalue weighted by Crippen LogP contribution is -2.28. The fourth-order valence-electron chi connectivity index (χ4n) is 11.7. The van der Waals surface area contributed by atoms with Crippen LogP contribution in [0.3, 0.4) is 0 Å². The van der Waals surface area contributed by atoms with Crippen LogP contribution in [0.25, 0.3) is 11.1 Å². The standard InChI is InChI=1S/C26H20.4C8H11N.C8H10.2C7H10N2.C7H8.C6H9N3/c1-19-11-10-18-24-25(19)22-16-8-9-17-23(22)26(24,20-12-4-2-5-13-20)21-14-6-3-7-15-21;1-6-4-9-5-7(2)8(6)3;2*1-6-4-7(2)9-8(3)5-6;1-6-4-5-9-8(3)7(6)2;1-2-8-6-4-3-5-7-8;1-5-6(2)8-4-9-7(5)3;1-5-4-6(2)9-7(3)8-5;1-7-5-3-2-4-6-7;1-4-7-5(2)9-6(3)8-4/h2-18H,1H3;4*4-5H,1-3H3;3-7H,2H2,1H3;2*4H,1-3H3;2-6H,1H3;1-3H3/i;;;;;;;;2D,3D,4D,5D,6D;. The fraction of sp³-hybridized carbons (Fsp3) is 0.280. The first-order valence-corrected chi connectivity index (χ1v) is 35.3. The highest BCUT2D eigenvalue weighted by molar-refractivity contribution is 5.88. The van der Waals surface area contributed by atoms with Crippen LogP contribution in [0.15, 0.2) is 225 Å². The van der Waals surface area contributed by atoms with Crippen molar-refractivity contribution >= 4 is 0 Å². The van der Waals surface area contributed by atoms with Gasteiger partial charge in [-0.1, -0.05) is 176 Å². The first kappa shape index (κ1) is 75.7. The number of pyridine rings is 4. The van der Waals surface area contributed by atoms with Gasteiger partial charge >= 0.3 is 0 Å². The Morgan fingerprint density at radius 1 is 0.327 bits per heavy atom. The Balaban J connectivity index is 0.000000225. The molecule has 1 aliphatic carbocycles. The lowest BCUT2D eigenvalue weighted by Gasteiger charge is -2.33. The van der Waals surface area contributed by atoms with Gasteiger partial charge in [0.25, 0.3) is 0 Å². The second-order valence-corrected chi connectivity index (χ2v) is 26.0. The Labute approximate surface area is 630 Å². The molecule has 0 saturated heterocycles. The molecule has 0 spiro atoms. The van der Waals surface area contributed by atoms with Crippen LogP contribution in [-0.4, -0.2) is 54.8 Å². The normalized spacial score (nSPS) is 11.3. The molecule has 6 aromatic carbocycles. The van der Waals surface area contributed by atoms with Crippen LogP contribution in [0.5, 0.6) is 0 Å². The van der Waals surface area contributed by atoms with Crippen molar-refractivity contribution in [2.45, 2.75) is 178 Å². The summed E-state index contributed by atoms with van der Waals surface area (Å²) < 4.78 is 36.3. The maximum atomic E-state index is 7.31. The highest BCUT2D eigenvalue weighted by Gasteiger charge is 2.46. The minimum atomic E-state index is -0.337. The number of aryl methyl sites for hydroxylation is 20. The van der Waals surface area contributed by atoms with E-state index in [4.69, 9.17) is 6.85 Å². The highest BCUT2D eigenvalue weighted by atomic mass is 15.0. The molecule has 538 valence electrons. The zero-order valence-electron chi connectivity index (χ0n) is 71.1. The molecule has 0 radical (unpaired) electrons. The molecule has 13 aromatic rings. The molecular formula is C93H111N11. The molecular weight excluding hydrogens is 1270 g/mol. The first-order valence-electron chi connectivity index (χ1n) is 37.8. The zero-order chi connectivity index (χ0) is 80.8. The smallest absolute Gasteiger partial charge is 0.129 e. The summed E-state index contributed by atoms with van der Waals surface area (Å²) in [5, 5.41) is 0. The van der Waals surface area contributed by atoms with Crippen LogP contribution < -0.4 is 0 Å². The largest absolute Gasteiger partial charge is 0.264 e. The monoisotopic (exact) mass is 1390 g/mol. The topological polar surface area (TPSA) is 142 Å². The molecule has 11 nitrogen and oxygen atoms in total. The number of hydrogen-bond donors (Lipinski definition) is 0. The minimum Gasteiger partial charge on any atom is -0.264 e. The summed E-state index contributed by atoms with van der Waals surface area (Å²) in [6, 6.07) is 59.1. The van der Waals surface area contributed by atoms with E-state index < -0.39 is 0 Å². The summed E-state index contributed by atoms with van der Waals surface area (Å²) in [4.78, 5) is 45.0. The Morgan fingerprint density at radius 3 is 1.12 bits per heavy atom. The van der Waals surface area contributed by atoms with Crippen LogP contribution >= 0.6 is 0 Å². The van der Waals surface area contributed by atoms with E-state index in [9.17, 15) is 0 Å². The molecule has 0 aliphatic heterocycles. The Bertz CT molecular complexity index is 4350. The van der Waals surface area contributed by atoms with Gasteiger partial charge in [-0.15, -0.1) is 0 Å². The minimum absolute atomic E-state index is 0.124. The quantitative estimate of drug-likeness (QED) is 0.167. The molecule has 104 heavy (non-hydrogen) atoms. The molecule has 0 N–H and O–H groups in total. The van der Waals surface area contributed by atoms with Gasteiger partial charge in [-0.3, -0.25) is 19.9 Å². The molecule has 14 rings (SSSR count). The van der Waals surface area contributed by atoms with Gasteiger partial charge in [0.15, 0.2) is 0 Å². The predicted octanol–water partition coefficient (Wildman–Crippen LogP) is 22.2. The average Bonchev–Trinajstić information content (AvgIpc) is 1.54. The number of nitrogens with zero attached hydrogens (tertiary/aromatic N) is 11. The van der Waals surface area contributed by atoms with Crippen molar-refractivity contribution in [2.24, 2.45) is 0 Å². The second kappa shape index (κ2) is 42.5. The molecule has 1 aliphatic rings. The average molecular weight is 1390 g/mol. The van der Waals surface area contributed by atoms with Gasteiger partial charge in [-0.25, -0.2) is 34.9 Å². The van der Waals surface area contributed by atoms with Gasteiger partial charge in [0.05, 0.1) is 12.3 Å². The number of hydrogen-bond acceptors (Lipinski definition) is 11. The third-order valence-electron chi connectivity index (χ3n) is 17.1. The van der Waals surface area contributed by atoms with E-state index in [1.807, 2.05) is 134 Å². The van der Waals surface area contributed by atoms with Crippen LogP contribution in [0, 0.1) is 159 Å². The maximum absolute atomic E-state index is 7.31. The van der Waals surface area contributed by atoms with Crippen molar-refractivity contribution in [2.75, 3.05) is 0 Å². The summed E-state index contributed by atoms with van der Waals surface area (Å²) in [6.45, 7) is 48.1. The van der Waals surface area contributed by atoms with Gasteiger partial charge < -0.3 is 0 Å². The lowest BCUT2D eigenvalue weighted by molar-refractivity contribution is 0.768. The van der Waals surface area contributed by atoms with Crippen molar-refractivity contribution in [3.05, 3.63) is 383 Å². The molecule has 0 fully saturated rings. The third-order valence-corrected chi connectivity index (χ3v) is 17.1. The third kappa shape index (κ3) is 26.8. The molecule has 11 heteroatoms. The molecule has 7 aromatic heterocycles. The Morgan fingerprint density at radius 2 is 0.731 bits per heavy atom. The number of fused-ring (bicyclic) bond motifs is 3. The van der Waals surface area contributed by atoms with Crippen LogP contribution in [0.2, 0.25) is 0 Å². The molecule has 7 heterocycles. The van der Waals surface area contributed by atoms with Crippen LogP contribution in [0.1, 0.15) is 172 Å². The van der Waals surface area contributed by atoms with Gasteiger partial charge in [-0.2, -0.15) is 0 Å². The van der Waals surface area contributed by atoms with E-state index in [1.165, 1.54) is 95.9 Å². The SMILES string of the molecule is CCc1ccccc1.Cc1cc(C)nc(C)c1.Cc1cc(C)nc(C)c1.Cc1cc(C)nc(C)n1.Cc1cccc2c1-c1ccccc1C2(c1ccccc1)c1ccccc1.Cc1ccnc(C)c1C.Cc1cncc(C)c1C.Cc1nc(C)nc(C)n1.Cc1ncnc(C)c1C.[2H]c1c([2H])c([2H])c(C)c([2H])c1[2H]. The van der Waals surface area contributed by atoms with E-state index >= 15 is 0 Å². The number of rotatable bonds is 3. The Hall–Kier alpha value is -10.9. The van der Waals surface area contributed by atoms with Crippen LogP contribution in [-0.2, 0) is 11.8 Å². The van der Waals surface area contributed by atoms with Gasteiger partial charge in [0.1, 0.15) is 29.6 Å². The predicted molar refractivity (Wildman–Crippen MR) is 436 cm³/mol. The molecule has 0 bridgehead atoms. The zero-order valence-corrected chi connectivity index (χ0v) is 66.1. The van der Waals surface area contributed by atoms with E-state index in [0.29, 0.717) is 5.56 Å². The van der Waals surface area contributed by atoms with Gasteiger partial charge in [0.2, 0.25) is 0 Å². The molecule has 0 atom stereocenters. The van der Waals surface area contributed by atoms with Crippen molar-refractivity contribution in [3.63, 3.8) is 0 Å². The van der Waals surface area contributed by atoms with Crippen molar-refractivity contribution in [1.29, 1.82) is 0 Å². The summed E-state index contributed by atoms with van der Waals surface area (Å²) in [6.07, 6.45) is 8.36. The molecule has 0 saturated carbocycles. The Kier molecular flexibility index (Phi) is 31.0. The summed E-state index contributed by atoms with van der Waals surface area (Å²) in [7, 11) is 0. The fourth-order valence-corrected chi connectivity index (χ4v) is 11.7. The first-order chi connectivity index (χ1) is 51.6. The highest BCUT2D eigenvalue weighted by Crippen LogP contribution is 2.56. The number of aromatic nitrogens is 11. The maximum Gasteiger partial charge on any atom is 0.129 e. The summed E-state index contributed by atoms with van der Waals surface area (Å²) in [5.74, 6) is 3.23. The van der Waals surface area contributed by atoms with Crippen molar-refractivity contribution in [3.8, 4) is 11.1 Å². The second-order valence-electron chi connectivity index (χ2n) is 26.0. The van der Waals surface area contributed by atoms with Crippen molar-refractivity contribution in [1.82, 2.24) is 54.8 Å². The van der Waals surface area contributed by atoms with Crippen molar-refractivity contribution < 1.29 is 6.85 Å². The number of benzene rings is 6. The van der Waals surface area contributed by atoms with Gasteiger partial charge in [-0.05, 0) is 291 Å². The molecule has 0 amide bonds. The summed E-state index contributed by atoms with van der Waals surface area (Å²) >= 11 is 0. The summed E-state index contributed by atoms with van der Waals surface area (Å²) in [5.41, 5.74) is 31.0.